The smallest absolute Gasteiger partial charge is 0.245 e. The van der Waals surface area contributed by atoms with Crippen molar-refractivity contribution in [2.24, 2.45) is 4.99 Å². The normalized spacial score (nSPS) is 15.8. The highest BCUT2D eigenvalue weighted by molar-refractivity contribution is 8.14. The summed E-state index contributed by atoms with van der Waals surface area (Å²) < 4.78 is 10.5. The van der Waals surface area contributed by atoms with Crippen molar-refractivity contribution in [3.63, 3.8) is 0 Å². The van der Waals surface area contributed by atoms with Gasteiger partial charge < -0.3 is 19.8 Å². The number of rotatable bonds is 8. The number of nitrogens with zero attached hydrogens (tertiary/aromatic N) is 1. The lowest BCUT2D eigenvalue weighted by molar-refractivity contribution is -0.121. The zero-order valence-corrected chi connectivity index (χ0v) is 17.9. The maximum Gasteiger partial charge on any atom is 0.245 e. The molecule has 1 amide bonds. The van der Waals surface area contributed by atoms with Gasteiger partial charge in [-0.15, -0.1) is 11.8 Å². The first-order chi connectivity index (χ1) is 14.7. The number of nitrogens with one attached hydrogen (secondary N) is 2. The number of aromatic nitrogens is 1. The number of hydrogen-bond donors (Lipinski definition) is 2. The molecule has 0 saturated heterocycles. The van der Waals surface area contributed by atoms with Gasteiger partial charge in [0.2, 0.25) is 5.91 Å². The van der Waals surface area contributed by atoms with Gasteiger partial charge in [0.05, 0.1) is 19.3 Å². The summed E-state index contributed by atoms with van der Waals surface area (Å²) in [6.45, 7) is 0.577. The number of aromatic amines is 1. The second-order valence-electron chi connectivity index (χ2n) is 7.14. The third kappa shape index (κ3) is 4.62. The molecule has 156 valence electrons. The molecule has 2 aromatic carbocycles. The van der Waals surface area contributed by atoms with E-state index in [-0.39, 0.29) is 11.9 Å². The zero-order chi connectivity index (χ0) is 20.9. The highest BCUT2D eigenvalue weighted by Gasteiger charge is 2.24. The van der Waals surface area contributed by atoms with Gasteiger partial charge in [-0.05, 0) is 47.9 Å². The van der Waals surface area contributed by atoms with Crippen molar-refractivity contribution in [2.75, 3.05) is 26.5 Å². The summed E-state index contributed by atoms with van der Waals surface area (Å²) in [5.41, 5.74) is 3.39. The minimum atomic E-state index is -0.314. The van der Waals surface area contributed by atoms with Crippen LogP contribution in [-0.2, 0) is 17.6 Å². The van der Waals surface area contributed by atoms with Gasteiger partial charge in [-0.25, -0.2) is 0 Å². The minimum Gasteiger partial charge on any atom is -0.497 e. The number of H-pyrrole nitrogens is 1. The van der Waals surface area contributed by atoms with Gasteiger partial charge in [-0.1, -0.05) is 12.1 Å². The summed E-state index contributed by atoms with van der Waals surface area (Å²) in [5, 5.41) is 5.16. The van der Waals surface area contributed by atoms with Crippen LogP contribution < -0.4 is 14.8 Å². The van der Waals surface area contributed by atoms with E-state index in [1.54, 1.807) is 26.0 Å². The molecular formula is C23H25N3O3S. The Bertz CT molecular complexity index is 1060. The Kier molecular flexibility index (Phi) is 6.28. The average molecular weight is 424 g/mol. The van der Waals surface area contributed by atoms with Crippen molar-refractivity contribution in [3.05, 3.63) is 59.8 Å². The molecule has 4 rings (SSSR count). The van der Waals surface area contributed by atoms with E-state index < -0.39 is 0 Å². The van der Waals surface area contributed by atoms with Crippen molar-refractivity contribution in [3.8, 4) is 11.5 Å². The Morgan fingerprint density at radius 1 is 1.17 bits per heavy atom. The fourth-order valence-corrected chi connectivity index (χ4v) is 4.55. The molecule has 0 radical (unpaired) electrons. The van der Waals surface area contributed by atoms with Crippen LogP contribution in [0.15, 0.2) is 53.7 Å². The summed E-state index contributed by atoms with van der Waals surface area (Å²) in [7, 11) is 3.32. The number of thioether (sulfide) groups is 1. The Morgan fingerprint density at radius 2 is 1.93 bits per heavy atom. The van der Waals surface area contributed by atoms with E-state index in [2.05, 4.69) is 15.3 Å². The number of fused-ring (bicyclic) bond motifs is 1. The highest BCUT2D eigenvalue weighted by atomic mass is 32.2. The van der Waals surface area contributed by atoms with Crippen LogP contribution in [0, 0.1) is 0 Å². The van der Waals surface area contributed by atoms with Crippen LogP contribution in [-0.4, -0.2) is 48.5 Å². The number of carbonyl (C=O) groups is 1. The largest absolute Gasteiger partial charge is 0.497 e. The van der Waals surface area contributed by atoms with E-state index in [1.807, 2.05) is 48.7 Å². The number of hydrogen-bond acceptors (Lipinski definition) is 5. The fourth-order valence-electron chi connectivity index (χ4n) is 3.50. The lowest BCUT2D eigenvalue weighted by Gasteiger charge is -2.08. The fraction of sp³-hybridized carbons (Fsp3) is 0.304. The van der Waals surface area contributed by atoms with Crippen LogP contribution in [0.5, 0.6) is 11.5 Å². The van der Waals surface area contributed by atoms with Gasteiger partial charge in [0.15, 0.2) is 0 Å². The third-order valence-corrected chi connectivity index (χ3v) is 6.26. The van der Waals surface area contributed by atoms with Gasteiger partial charge in [-0.3, -0.25) is 9.79 Å². The maximum atomic E-state index is 12.5. The summed E-state index contributed by atoms with van der Waals surface area (Å²) in [6, 6.07) is 13.6. The first kappa shape index (κ1) is 20.3. The van der Waals surface area contributed by atoms with Crippen molar-refractivity contribution in [2.45, 2.75) is 18.9 Å². The molecule has 0 bridgehead atoms. The van der Waals surface area contributed by atoms with E-state index >= 15 is 0 Å². The summed E-state index contributed by atoms with van der Waals surface area (Å²) in [5.74, 6) is 2.35. The number of aliphatic imine (C=N–C) groups is 1. The first-order valence-electron chi connectivity index (χ1n) is 9.90. The molecule has 1 atom stereocenters. The lowest BCUT2D eigenvalue weighted by Crippen LogP contribution is -2.35. The molecule has 0 fully saturated rings. The van der Waals surface area contributed by atoms with Crippen molar-refractivity contribution in [1.82, 2.24) is 10.3 Å². The number of benzene rings is 2. The van der Waals surface area contributed by atoms with Crippen molar-refractivity contribution in [1.29, 1.82) is 0 Å². The predicted octanol–water partition coefficient (Wildman–Crippen LogP) is 3.60. The molecule has 1 aliphatic heterocycles. The van der Waals surface area contributed by atoms with Crippen molar-refractivity contribution < 1.29 is 14.3 Å². The molecule has 2 N–H and O–H groups in total. The minimum absolute atomic E-state index is 0.00958. The molecule has 0 spiro atoms. The summed E-state index contributed by atoms with van der Waals surface area (Å²) >= 11 is 1.66. The predicted molar refractivity (Wildman–Crippen MR) is 122 cm³/mol. The topological polar surface area (TPSA) is 75.7 Å². The molecule has 0 unspecified atom stereocenters. The first-order valence-corrected chi connectivity index (χ1v) is 10.9. The maximum absolute atomic E-state index is 12.5. The molecule has 0 aliphatic carbocycles. The second-order valence-corrected chi connectivity index (χ2v) is 8.23. The van der Waals surface area contributed by atoms with Gasteiger partial charge >= 0.3 is 0 Å². The number of carbonyl (C=O) groups excluding carboxylic acids is 1. The van der Waals surface area contributed by atoms with E-state index in [0.717, 1.165) is 51.4 Å². The van der Waals surface area contributed by atoms with E-state index in [9.17, 15) is 4.79 Å². The number of methoxy groups -OCH3 is 2. The van der Waals surface area contributed by atoms with E-state index in [4.69, 9.17) is 9.47 Å². The van der Waals surface area contributed by atoms with Crippen LogP contribution in [0.25, 0.3) is 10.9 Å². The summed E-state index contributed by atoms with van der Waals surface area (Å²) in [6.07, 6.45) is 3.49. The van der Waals surface area contributed by atoms with Crippen molar-refractivity contribution >= 4 is 33.6 Å². The van der Waals surface area contributed by atoms with Gasteiger partial charge in [0.25, 0.3) is 0 Å². The molecule has 2 heterocycles. The monoisotopic (exact) mass is 423 g/mol. The zero-order valence-electron chi connectivity index (χ0n) is 17.1. The Morgan fingerprint density at radius 3 is 2.70 bits per heavy atom. The molecule has 1 aliphatic rings. The van der Waals surface area contributed by atoms with Crippen LogP contribution in [0.2, 0.25) is 0 Å². The highest BCUT2D eigenvalue weighted by Crippen LogP contribution is 2.24. The molecule has 6 nitrogen and oxygen atoms in total. The molecule has 3 aromatic rings. The van der Waals surface area contributed by atoms with Gasteiger partial charge in [0, 0.05) is 35.8 Å². The van der Waals surface area contributed by atoms with Gasteiger partial charge in [-0.2, -0.15) is 0 Å². The molecular weight excluding hydrogens is 398 g/mol. The SMILES string of the molecule is COc1ccc(CC2=N[C@H](C(=O)NCCc3c[nH]c4ccc(OC)cc34)CS2)cc1. The average Bonchev–Trinajstić information content (AvgIpc) is 3.41. The van der Waals surface area contributed by atoms with E-state index in [1.165, 1.54) is 0 Å². The van der Waals surface area contributed by atoms with E-state index in [0.29, 0.717) is 12.3 Å². The number of amides is 1. The van der Waals surface area contributed by atoms with Crippen LogP contribution in [0.1, 0.15) is 11.1 Å². The van der Waals surface area contributed by atoms with Crippen LogP contribution >= 0.6 is 11.8 Å². The quantitative estimate of drug-likeness (QED) is 0.581. The van der Waals surface area contributed by atoms with Crippen LogP contribution in [0.4, 0.5) is 0 Å². The Labute approximate surface area is 180 Å². The second kappa shape index (κ2) is 9.26. The standard InChI is InChI=1S/C23H25N3O3S/c1-28-17-5-3-15(4-6-17)11-22-26-21(14-30-22)23(27)24-10-9-16-13-25-20-8-7-18(29-2)12-19(16)20/h3-8,12-13,21,25H,9-11,14H2,1-2H3,(H,24,27)/t21-/m0/s1. The lowest BCUT2D eigenvalue weighted by atomic mass is 10.1. The van der Waals surface area contributed by atoms with Gasteiger partial charge in [0.1, 0.15) is 17.5 Å². The Hall–Kier alpha value is -2.93. The third-order valence-electron chi connectivity index (χ3n) is 5.19. The molecule has 1 aromatic heterocycles. The molecule has 7 heteroatoms. The molecule has 0 saturated carbocycles. The number of ether oxygens (including phenoxy) is 2. The van der Waals surface area contributed by atoms with Crippen LogP contribution in [0.3, 0.4) is 0 Å². The molecule has 30 heavy (non-hydrogen) atoms. The Balaban J connectivity index is 1.30. The summed E-state index contributed by atoms with van der Waals surface area (Å²) in [4.78, 5) is 20.4.